The molecule has 0 aliphatic rings. The van der Waals surface area contributed by atoms with Crippen LogP contribution in [-0.4, -0.2) is 27.0 Å². The lowest BCUT2D eigenvalue weighted by molar-refractivity contribution is 0.414. The molecule has 0 spiro atoms. The number of H-pyrrole nitrogens is 1. The molecule has 0 aliphatic carbocycles. The summed E-state index contributed by atoms with van der Waals surface area (Å²) in [7, 11) is 1.63. The van der Waals surface area contributed by atoms with Crippen molar-refractivity contribution in [3.8, 4) is 17.0 Å². The maximum atomic E-state index is 5.27. The normalized spacial score (nSPS) is 10.8. The summed E-state index contributed by atoms with van der Waals surface area (Å²) in [5.41, 5.74) is 3.79. The van der Waals surface area contributed by atoms with Gasteiger partial charge in [-0.2, -0.15) is 0 Å². The first kappa shape index (κ1) is 15.1. The van der Waals surface area contributed by atoms with Gasteiger partial charge in [0.15, 0.2) is 0 Å². The number of aromatic nitrogens is 4. The molecule has 3 aromatic heterocycles. The summed E-state index contributed by atoms with van der Waals surface area (Å²) in [4.78, 5) is 16.2. The van der Waals surface area contributed by atoms with E-state index in [2.05, 4.69) is 37.4 Å². The molecule has 25 heavy (non-hydrogen) atoms. The minimum Gasteiger partial charge on any atom is -0.495 e. The van der Waals surface area contributed by atoms with E-state index in [0.717, 1.165) is 28.1 Å². The fourth-order valence-electron chi connectivity index (χ4n) is 2.70. The zero-order chi connectivity index (χ0) is 17.1. The highest BCUT2D eigenvalue weighted by Crippen LogP contribution is 2.29. The van der Waals surface area contributed by atoms with Gasteiger partial charge in [0.25, 0.3) is 0 Å². The van der Waals surface area contributed by atoms with Crippen LogP contribution >= 0.6 is 0 Å². The van der Waals surface area contributed by atoms with E-state index in [-0.39, 0.29) is 2.85 Å². The summed E-state index contributed by atoms with van der Waals surface area (Å²) < 4.78 is 5.27. The first-order valence-electron chi connectivity index (χ1n) is 7.95. The second kappa shape index (κ2) is 6.60. The van der Waals surface area contributed by atoms with Crippen molar-refractivity contribution in [2.45, 2.75) is 6.54 Å². The number of rotatable bonds is 5. The van der Waals surface area contributed by atoms with Crippen molar-refractivity contribution in [3.05, 3.63) is 66.7 Å². The number of hydrogen-bond acceptors (Lipinski definition) is 5. The molecule has 0 fully saturated rings. The Balaban J connectivity index is 0.00000131. The van der Waals surface area contributed by atoms with Gasteiger partial charge in [-0.3, -0.25) is 0 Å². The van der Waals surface area contributed by atoms with Crippen LogP contribution in [0.2, 0.25) is 0 Å². The van der Waals surface area contributed by atoms with Crippen LogP contribution in [-0.2, 0) is 6.54 Å². The smallest absolute Gasteiger partial charge is 0.138 e. The molecule has 0 atom stereocenters. The molecule has 0 saturated heterocycles. The van der Waals surface area contributed by atoms with Crippen molar-refractivity contribution in [1.82, 2.24) is 19.9 Å². The highest BCUT2D eigenvalue weighted by atomic mass is 16.5. The highest BCUT2D eigenvalue weighted by molar-refractivity contribution is 5.93. The minimum atomic E-state index is 0. The summed E-state index contributed by atoms with van der Waals surface area (Å²) in [6.45, 7) is 0.709. The van der Waals surface area contributed by atoms with Gasteiger partial charge in [-0.05, 0) is 11.6 Å². The summed E-state index contributed by atoms with van der Waals surface area (Å²) in [6.07, 6.45) is 5.16. The fourth-order valence-corrected chi connectivity index (χ4v) is 2.70. The van der Waals surface area contributed by atoms with E-state index in [1.807, 2.05) is 36.5 Å². The van der Waals surface area contributed by atoms with Crippen molar-refractivity contribution in [2.75, 3.05) is 12.4 Å². The van der Waals surface area contributed by atoms with E-state index >= 15 is 0 Å². The SMILES string of the molecule is COc1cnc2[nH]cc(-c3cc(NCc4ccccc4)ncn3)c2c1.[HH].[HH]. The third-order valence-corrected chi connectivity index (χ3v) is 4.00. The number of fused-ring (bicyclic) bond motifs is 1. The van der Waals surface area contributed by atoms with Crippen LogP contribution in [0.5, 0.6) is 5.75 Å². The Morgan fingerprint density at radius 1 is 1.12 bits per heavy atom. The Morgan fingerprint density at radius 2 is 2.00 bits per heavy atom. The Labute approximate surface area is 147 Å². The van der Waals surface area contributed by atoms with Crippen LogP contribution in [0, 0.1) is 0 Å². The number of pyridine rings is 1. The van der Waals surface area contributed by atoms with Crippen LogP contribution in [0.3, 0.4) is 0 Å². The zero-order valence-corrected chi connectivity index (χ0v) is 13.7. The van der Waals surface area contributed by atoms with Crippen LogP contribution in [0.15, 0.2) is 61.2 Å². The number of hydrogen-bond donors (Lipinski definition) is 2. The molecular formula is C19H21N5O. The summed E-state index contributed by atoms with van der Waals surface area (Å²) in [5, 5.41) is 4.30. The number of methoxy groups -OCH3 is 1. The average Bonchev–Trinajstić information content (AvgIpc) is 3.10. The van der Waals surface area contributed by atoms with Gasteiger partial charge in [0.1, 0.15) is 23.5 Å². The Kier molecular flexibility index (Phi) is 4.00. The molecule has 0 bridgehead atoms. The van der Waals surface area contributed by atoms with Crippen molar-refractivity contribution in [3.63, 3.8) is 0 Å². The fraction of sp³-hybridized carbons (Fsp3) is 0.105. The van der Waals surface area contributed by atoms with Gasteiger partial charge in [0, 0.05) is 32.6 Å². The van der Waals surface area contributed by atoms with E-state index in [0.29, 0.717) is 12.3 Å². The third kappa shape index (κ3) is 3.14. The lowest BCUT2D eigenvalue weighted by atomic mass is 10.1. The second-order valence-corrected chi connectivity index (χ2v) is 5.60. The molecule has 6 heteroatoms. The number of anilines is 1. The zero-order valence-electron chi connectivity index (χ0n) is 13.7. The van der Waals surface area contributed by atoms with Crippen molar-refractivity contribution < 1.29 is 7.59 Å². The largest absolute Gasteiger partial charge is 0.495 e. The topological polar surface area (TPSA) is 75.7 Å². The summed E-state index contributed by atoms with van der Waals surface area (Å²) in [6, 6.07) is 14.1. The molecule has 0 saturated carbocycles. The number of nitrogens with zero attached hydrogens (tertiary/aromatic N) is 3. The van der Waals surface area contributed by atoms with Gasteiger partial charge < -0.3 is 15.0 Å². The average molecular weight is 335 g/mol. The monoisotopic (exact) mass is 335 g/mol. The number of ether oxygens (including phenoxy) is 1. The Bertz CT molecular complexity index is 1010. The lowest BCUT2D eigenvalue weighted by Gasteiger charge is -2.07. The van der Waals surface area contributed by atoms with Gasteiger partial charge in [-0.25, -0.2) is 15.0 Å². The predicted octanol–water partition coefficient (Wildman–Crippen LogP) is 4.13. The van der Waals surface area contributed by atoms with Crippen molar-refractivity contribution >= 4 is 16.9 Å². The number of nitrogens with one attached hydrogen (secondary N) is 2. The molecule has 1 aromatic carbocycles. The second-order valence-electron chi connectivity index (χ2n) is 5.60. The Hall–Kier alpha value is -3.41. The maximum Gasteiger partial charge on any atom is 0.138 e. The first-order chi connectivity index (χ1) is 12.3. The maximum absolute atomic E-state index is 5.27. The molecule has 4 rings (SSSR count). The van der Waals surface area contributed by atoms with Crippen LogP contribution in [0.1, 0.15) is 8.42 Å². The molecule has 6 nitrogen and oxygen atoms in total. The van der Waals surface area contributed by atoms with Gasteiger partial charge in [0.05, 0.1) is 19.0 Å². The minimum absolute atomic E-state index is 0. The van der Waals surface area contributed by atoms with Crippen molar-refractivity contribution in [2.24, 2.45) is 0 Å². The van der Waals surface area contributed by atoms with E-state index in [1.54, 1.807) is 19.6 Å². The van der Waals surface area contributed by atoms with E-state index < -0.39 is 0 Å². The molecule has 128 valence electrons. The molecule has 3 heterocycles. The standard InChI is InChI=1S/C19H17N5O.2H2/c1-25-14-7-15-16(11-22-19(15)21-10-14)17-8-18(24-12-23-17)20-9-13-5-3-2-4-6-13;;/h2-8,10-12H,9H2,1H3,(H,21,22)(H,20,23,24);2*1H. The highest BCUT2D eigenvalue weighted by Gasteiger charge is 2.10. The van der Waals surface area contributed by atoms with Crippen LogP contribution in [0.4, 0.5) is 5.82 Å². The van der Waals surface area contributed by atoms with Gasteiger partial charge in [0.2, 0.25) is 0 Å². The molecular weight excluding hydrogens is 314 g/mol. The molecule has 0 aliphatic heterocycles. The number of benzene rings is 1. The predicted molar refractivity (Wildman–Crippen MR) is 102 cm³/mol. The van der Waals surface area contributed by atoms with E-state index in [4.69, 9.17) is 4.74 Å². The summed E-state index contributed by atoms with van der Waals surface area (Å²) >= 11 is 0. The quantitative estimate of drug-likeness (QED) is 0.573. The van der Waals surface area contributed by atoms with Crippen molar-refractivity contribution in [1.29, 1.82) is 0 Å². The lowest BCUT2D eigenvalue weighted by Crippen LogP contribution is -2.01. The molecule has 4 aromatic rings. The third-order valence-electron chi connectivity index (χ3n) is 4.00. The van der Waals surface area contributed by atoms with Crippen LogP contribution < -0.4 is 10.1 Å². The van der Waals surface area contributed by atoms with Gasteiger partial charge >= 0.3 is 0 Å². The molecule has 2 N–H and O–H groups in total. The Morgan fingerprint density at radius 3 is 2.84 bits per heavy atom. The van der Waals surface area contributed by atoms with E-state index in [1.165, 1.54) is 5.56 Å². The van der Waals surface area contributed by atoms with Gasteiger partial charge in [-0.1, -0.05) is 30.3 Å². The van der Waals surface area contributed by atoms with E-state index in [9.17, 15) is 0 Å². The summed E-state index contributed by atoms with van der Waals surface area (Å²) in [5.74, 6) is 1.49. The first-order valence-corrected chi connectivity index (χ1v) is 7.95. The van der Waals surface area contributed by atoms with Gasteiger partial charge in [-0.15, -0.1) is 0 Å². The number of aromatic amines is 1. The molecule has 0 amide bonds. The van der Waals surface area contributed by atoms with Crippen LogP contribution in [0.25, 0.3) is 22.3 Å². The molecule has 0 radical (unpaired) electrons. The molecule has 0 unspecified atom stereocenters.